The van der Waals surface area contributed by atoms with Crippen LogP contribution in [0.3, 0.4) is 0 Å². The molecule has 4 nitrogen and oxygen atoms in total. The molecular weight excluding hydrogens is 238 g/mol. The van der Waals surface area contributed by atoms with Crippen LogP contribution in [0.25, 0.3) is 16.7 Å². The van der Waals surface area contributed by atoms with Gasteiger partial charge in [-0.05, 0) is 55.7 Å². The summed E-state index contributed by atoms with van der Waals surface area (Å²) in [6.45, 7) is 6.06. The molecule has 0 spiro atoms. The smallest absolute Gasteiger partial charge is 0.143 e. The Morgan fingerprint density at radius 3 is 2.58 bits per heavy atom. The third-order valence-electron chi connectivity index (χ3n) is 3.42. The molecule has 1 heterocycles. The zero-order chi connectivity index (χ0) is 13.6. The monoisotopic (exact) mass is 253 g/mol. The van der Waals surface area contributed by atoms with Gasteiger partial charge in [0.05, 0.1) is 0 Å². The Bertz CT molecular complexity index is 774. The summed E-state index contributed by atoms with van der Waals surface area (Å²) in [6.07, 6.45) is 0. The van der Waals surface area contributed by atoms with E-state index < -0.39 is 0 Å². The summed E-state index contributed by atoms with van der Waals surface area (Å²) in [7, 11) is 0. The van der Waals surface area contributed by atoms with Crippen LogP contribution in [0.15, 0.2) is 30.3 Å². The molecule has 19 heavy (non-hydrogen) atoms. The zero-order valence-electron chi connectivity index (χ0n) is 11.2. The number of benzene rings is 2. The van der Waals surface area contributed by atoms with Gasteiger partial charge >= 0.3 is 0 Å². The first-order valence-corrected chi connectivity index (χ1v) is 6.19. The van der Waals surface area contributed by atoms with Crippen molar-refractivity contribution in [3.05, 3.63) is 47.0 Å². The number of aromatic nitrogens is 3. The summed E-state index contributed by atoms with van der Waals surface area (Å²) in [6, 6.07) is 9.38. The van der Waals surface area contributed by atoms with Gasteiger partial charge in [-0.3, -0.25) is 0 Å². The molecule has 0 amide bonds. The Hall–Kier alpha value is -2.36. The van der Waals surface area contributed by atoms with E-state index >= 15 is 0 Å². The van der Waals surface area contributed by atoms with Gasteiger partial charge in [0.15, 0.2) is 0 Å². The molecule has 1 aromatic heterocycles. The number of hydrogen-bond donors (Lipinski definition) is 1. The molecular formula is C15H15N3O. The van der Waals surface area contributed by atoms with E-state index in [-0.39, 0.29) is 5.75 Å². The molecule has 0 saturated heterocycles. The highest BCUT2D eigenvalue weighted by molar-refractivity contribution is 5.79. The van der Waals surface area contributed by atoms with Gasteiger partial charge in [-0.15, -0.1) is 15.0 Å². The third kappa shape index (κ3) is 1.85. The van der Waals surface area contributed by atoms with E-state index in [1.807, 2.05) is 38.1 Å². The average molecular weight is 253 g/mol. The second-order valence-corrected chi connectivity index (χ2v) is 4.86. The number of phenols is 1. The predicted octanol–water partition coefficient (Wildman–Crippen LogP) is 3.05. The van der Waals surface area contributed by atoms with Gasteiger partial charge in [-0.2, -0.15) is 0 Å². The number of hydrogen-bond acceptors (Lipinski definition) is 3. The van der Waals surface area contributed by atoms with E-state index in [2.05, 4.69) is 17.1 Å². The lowest BCUT2D eigenvalue weighted by Gasteiger charge is -2.03. The molecule has 0 atom stereocenters. The van der Waals surface area contributed by atoms with Crippen LogP contribution < -0.4 is 0 Å². The van der Waals surface area contributed by atoms with Crippen molar-refractivity contribution >= 4 is 11.0 Å². The van der Waals surface area contributed by atoms with Crippen LogP contribution in [0, 0.1) is 20.8 Å². The predicted molar refractivity (Wildman–Crippen MR) is 74.7 cm³/mol. The van der Waals surface area contributed by atoms with Gasteiger partial charge in [0, 0.05) is 0 Å². The minimum absolute atomic E-state index is 0.181. The number of rotatable bonds is 1. The molecule has 0 fully saturated rings. The number of aryl methyl sites for hydroxylation is 3. The maximum Gasteiger partial charge on any atom is 0.143 e. The first-order valence-electron chi connectivity index (χ1n) is 6.19. The summed E-state index contributed by atoms with van der Waals surface area (Å²) in [5.41, 5.74) is 5.68. The number of aromatic hydroxyl groups is 1. The average Bonchev–Trinajstić information content (AvgIpc) is 2.81. The molecule has 0 aliphatic rings. The maximum atomic E-state index is 9.94. The van der Waals surface area contributed by atoms with Crippen molar-refractivity contribution in [2.24, 2.45) is 0 Å². The van der Waals surface area contributed by atoms with E-state index in [4.69, 9.17) is 0 Å². The highest BCUT2D eigenvalue weighted by atomic mass is 16.3. The van der Waals surface area contributed by atoms with Gasteiger partial charge in [0.1, 0.15) is 22.5 Å². The van der Waals surface area contributed by atoms with E-state index in [0.717, 1.165) is 22.2 Å². The molecule has 0 unspecified atom stereocenters. The number of fused-ring (bicyclic) bond motifs is 1. The molecule has 1 N–H and O–H groups in total. The lowest BCUT2D eigenvalue weighted by Crippen LogP contribution is -1.99. The molecule has 3 rings (SSSR count). The summed E-state index contributed by atoms with van der Waals surface area (Å²) in [5.74, 6) is 0.181. The van der Waals surface area contributed by atoms with Crippen LogP contribution in [-0.4, -0.2) is 20.1 Å². The molecule has 0 radical (unpaired) electrons. The van der Waals surface area contributed by atoms with Crippen molar-refractivity contribution < 1.29 is 5.11 Å². The molecule has 2 aromatic carbocycles. The van der Waals surface area contributed by atoms with E-state index in [9.17, 15) is 5.11 Å². The van der Waals surface area contributed by atoms with Gasteiger partial charge in [0.2, 0.25) is 0 Å². The van der Waals surface area contributed by atoms with Gasteiger partial charge in [0.25, 0.3) is 0 Å². The minimum atomic E-state index is 0.181. The Labute approximate surface area is 111 Å². The quantitative estimate of drug-likeness (QED) is 0.725. The topological polar surface area (TPSA) is 50.9 Å². The molecule has 0 aliphatic carbocycles. The Balaban J connectivity index is 2.26. The normalized spacial score (nSPS) is 11.1. The second-order valence-electron chi connectivity index (χ2n) is 4.86. The van der Waals surface area contributed by atoms with Crippen molar-refractivity contribution in [2.75, 3.05) is 0 Å². The van der Waals surface area contributed by atoms with Crippen LogP contribution in [0.5, 0.6) is 5.75 Å². The van der Waals surface area contributed by atoms with Crippen molar-refractivity contribution in [1.29, 1.82) is 0 Å². The van der Waals surface area contributed by atoms with Crippen LogP contribution in [0.2, 0.25) is 0 Å². The van der Waals surface area contributed by atoms with Gasteiger partial charge < -0.3 is 5.11 Å². The zero-order valence-corrected chi connectivity index (χ0v) is 11.2. The molecule has 96 valence electrons. The number of nitrogens with zero attached hydrogens (tertiary/aromatic N) is 3. The Morgan fingerprint density at radius 1 is 1.00 bits per heavy atom. The second kappa shape index (κ2) is 4.09. The summed E-state index contributed by atoms with van der Waals surface area (Å²) in [4.78, 5) is 1.50. The summed E-state index contributed by atoms with van der Waals surface area (Å²) >= 11 is 0. The lowest BCUT2D eigenvalue weighted by atomic mass is 10.1. The maximum absolute atomic E-state index is 9.94. The van der Waals surface area contributed by atoms with E-state index in [1.165, 1.54) is 10.4 Å². The first kappa shape index (κ1) is 11.7. The largest absolute Gasteiger partial charge is 0.506 e. The summed E-state index contributed by atoms with van der Waals surface area (Å²) < 4.78 is 0. The van der Waals surface area contributed by atoms with Crippen LogP contribution in [-0.2, 0) is 0 Å². The van der Waals surface area contributed by atoms with Crippen molar-refractivity contribution in [3.63, 3.8) is 0 Å². The van der Waals surface area contributed by atoms with E-state index in [0.29, 0.717) is 5.69 Å². The van der Waals surface area contributed by atoms with Crippen molar-refractivity contribution in [1.82, 2.24) is 15.0 Å². The number of phenolic OH excluding ortho intramolecular Hbond substituents is 1. The van der Waals surface area contributed by atoms with Crippen LogP contribution in [0.1, 0.15) is 16.7 Å². The fourth-order valence-electron chi connectivity index (χ4n) is 2.11. The van der Waals surface area contributed by atoms with Crippen molar-refractivity contribution in [3.8, 4) is 11.4 Å². The summed E-state index contributed by atoms with van der Waals surface area (Å²) in [5, 5.41) is 18.9. The molecule has 0 saturated carbocycles. The first-order chi connectivity index (χ1) is 9.06. The Morgan fingerprint density at radius 2 is 1.79 bits per heavy atom. The van der Waals surface area contributed by atoms with E-state index in [1.54, 1.807) is 6.07 Å². The molecule has 4 heteroatoms. The SMILES string of the molecule is Cc1ccc(O)c(-n2nc3ccc(C)c(C)c3n2)c1. The molecule has 0 aliphatic heterocycles. The minimum Gasteiger partial charge on any atom is -0.506 e. The fourth-order valence-corrected chi connectivity index (χ4v) is 2.11. The van der Waals surface area contributed by atoms with Crippen molar-refractivity contribution in [2.45, 2.75) is 20.8 Å². The highest BCUT2D eigenvalue weighted by Crippen LogP contribution is 2.24. The highest BCUT2D eigenvalue weighted by Gasteiger charge is 2.11. The standard InChI is InChI=1S/C15H15N3O/c1-9-4-7-14(19)13(8-9)18-16-12-6-5-10(2)11(3)15(12)17-18/h4-8,19H,1-3H3. The van der Waals surface area contributed by atoms with Crippen LogP contribution in [0.4, 0.5) is 0 Å². The Kier molecular flexibility index (Phi) is 2.52. The van der Waals surface area contributed by atoms with Gasteiger partial charge in [-0.1, -0.05) is 12.1 Å². The van der Waals surface area contributed by atoms with Crippen LogP contribution >= 0.6 is 0 Å². The third-order valence-corrected chi connectivity index (χ3v) is 3.42. The fraction of sp³-hybridized carbons (Fsp3) is 0.200. The van der Waals surface area contributed by atoms with Gasteiger partial charge in [-0.25, -0.2) is 0 Å². The molecule has 0 bridgehead atoms. The molecule has 3 aromatic rings. The lowest BCUT2D eigenvalue weighted by molar-refractivity contribution is 0.467.